The van der Waals surface area contributed by atoms with Crippen LogP contribution in [0.25, 0.3) is 0 Å². The van der Waals surface area contributed by atoms with Gasteiger partial charge in [0.05, 0.1) is 0 Å². The second-order valence-electron chi connectivity index (χ2n) is 7.11. The van der Waals surface area contributed by atoms with Gasteiger partial charge in [0.2, 0.25) is 5.89 Å². The molecule has 0 spiro atoms. The Morgan fingerprint density at radius 2 is 2.12 bits per heavy atom. The first kappa shape index (κ1) is 18.4. The molecule has 26 heavy (non-hydrogen) atoms. The standard InChI is InChI=1S/C20H28N4O2/c1-3-8-17-21-19(23-26-17)18(16-10-5-4-6-11-16)22-20(25)24-13-7-9-15(2)12-14-24/h4-6,10-11,15,18H,3,7-9,12-14H2,1-2H3,(H,22,25)/t15-,18+/m1/s1. The molecule has 0 radical (unpaired) electrons. The molecule has 2 heterocycles. The van der Waals surface area contributed by atoms with Crippen LogP contribution in [0.5, 0.6) is 0 Å². The van der Waals surface area contributed by atoms with Crippen molar-refractivity contribution in [3.63, 3.8) is 0 Å². The van der Waals surface area contributed by atoms with Crippen LogP contribution in [-0.2, 0) is 6.42 Å². The minimum atomic E-state index is -0.404. The van der Waals surface area contributed by atoms with E-state index in [9.17, 15) is 4.79 Å². The van der Waals surface area contributed by atoms with Crippen molar-refractivity contribution in [1.82, 2.24) is 20.4 Å². The highest BCUT2D eigenvalue weighted by molar-refractivity contribution is 5.75. The maximum absolute atomic E-state index is 12.9. The predicted octanol–water partition coefficient (Wildman–Crippen LogP) is 3.94. The summed E-state index contributed by atoms with van der Waals surface area (Å²) in [6.07, 6.45) is 4.96. The molecule has 2 amide bonds. The summed E-state index contributed by atoms with van der Waals surface area (Å²) in [7, 11) is 0. The molecule has 6 nitrogen and oxygen atoms in total. The number of nitrogens with one attached hydrogen (secondary N) is 1. The monoisotopic (exact) mass is 356 g/mol. The van der Waals surface area contributed by atoms with E-state index in [4.69, 9.17) is 4.52 Å². The summed E-state index contributed by atoms with van der Waals surface area (Å²) >= 11 is 0. The van der Waals surface area contributed by atoms with Crippen molar-refractivity contribution in [2.45, 2.75) is 52.0 Å². The Kier molecular flexibility index (Phi) is 6.26. The summed E-state index contributed by atoms with van der Waals surface area (Å²) < 4.78 is 5.34. The number of hydrogen-bond donors (Lipinski definition) is 1. The van der Waals surface area contributed by atoms with Crippen molar-refractivity contribution in [1.29, 1.82) is 0 Å². The molecule has 1 fully saturated rings. The molecule has 6 heteroatoms. The molecule has 0 unspecified atom stereocenters. The van der Waals surface area contributed by atoms with E-state index >= 15 is 0 Å². The molecule has 1 aliphatic rings. The second-order valence-corrected chi connectivity index (χ2v) is 7.11. The van der Waals surface area contributed by atoms with Gasteiger partial charge in [-0.3, -0.25) is 0 Å². The third-order valence-electron chi connectivity index (χ3n) is 4.91. The number of aryl methyl sites for hydroxylation is 1. The summed E-state index contributed by atoms with van der Waals surface area (Å²) in [5.41, 5.74) is 0.952. The van der Waals surface area contributed by atoms with Crippen molar-refractivity contribution < 1.29 is 9.32 Å². The number of aromatic nitrogens is 2. The Morgan fingerprint density at radius 1 is 1.31 bits per heavy atom. The maximum atomic E-state index is 12.9. The molecular formula is C20H28N4O2. The first-order valence-corrected chi connectivity index (χ1v) is 9.60. The fourth-order valence-corrected chi connectivity index (χ4v) is 3.32. The van der Waals surface area contributed by atoms with E-state index < -0.39 is 6.04 Å². The van der Waals surface area contributed by atoms with Crippen LogP contribution < -0.4 is 5.32 Å². The number of urea groups is 1. The molecule has 1 aromatic heterocycles. The fourth-order valence-electron chi connectivity index (χ4n) is 3.32. The van der Waals surface area contributed by atoms with Gasteiger partial charge in [0, 0.05) is 19.5 Å². The summed E-state index contributed by atoms with van der Waals surface area (Å²) in [4.78, 5) is 19.3. The van der Waals surface area contributed by atoms with Crippen molar-refractivity contribution in [3.8, 4) is 0 Å². The van der Waals surface area contributed by atoms with E-state index in [2.05, 4.69) is 29.3 Å². The molecule has 0 bridgehead atoms. The van der Waals surface area contributed by atoms with E-state index in [0.29, 0.717) is 17.6 Å². The van der Waals surface area contributed by atoms with E-state index in [-0.39, 0.29) is 6.03 Å². The third kappa shape index (κ3) is 4.62. The van der Waals surface area contributed by atoms with Crippen molar-refractivity contribution in [2.24, 2.45) is 5.92 Å². The van der Waals surface area contributed by atoms with Gasteiger partial charge in [-0.2, -0.15) is 4.98 Å². The van der Waals surface area contributed by atoms with Gasteiger partial charge in [-0.15, -0.1) is 0 Å². The molecule has 1 N–H and O–H groups in total. The number of amides is 2. The van der Waals surface area contributed by atoms with Gasteiger partial charge in [-0.05, 0) is 37.2 Å². The Hall–Kier alpha value is -2.37. The molecule has 140 valence electrons. The van der Waals surface area contributed by atoms with Gasteiger partial charge in [-0.1, -0.05) is 49.3 Å². The van der Waals surface area contributed by atoms with Crippen LogP contribution in [-0.4, -0.2) is 34.2 Å². The molecule has 0 saturated carbocycles. The highest BCUT2D eigenvalue weighted by Gasteiger charge is 2.26. The number of carbonyl (C=O) groups is 1. The van der Waals surface area contributed by atoms with Crippen LogP contribution in [0.2, 0.25) is 0 Å². The van der Waals surface area contributed by atoms with Crippen LogP contribution in [0.3, 0.4) is 0 Å². The van der Waals surface area contributed by atoms with E-state index in [1.165, 1.54) is 6.42 Å². The van der Waals surface area contributed by atoms with Gasteiger partial charge < -0.3 is 14.7 Å². The molecule has 2 aromatic rings. The SMILES string of the molecule is CCCc1nc([C@@H](NC(=O)N2CCC[C@@H](C)CC2)c2ccccc2)no1. The molecule has 1 aromatic carbocycles. The average Bonchev–Trinajstić information content (AvgIpc) is 3.00. The first-order chi connectivity index (χ1) is 12.7. The van der Waals surface area contributed by atoms with Gasteiger partial charge in [-0.25, -0.2) is 4.79 Å². The Balaban J connectivity index is 1.78. The second kappa shape index (κ2) is 8.83. The molecule has 3 rings (SSSR count). The Morgan fingerprint density at radius 3 is 2.88 bits per heavy atom. The maximum Gasteiger partial charge on any atom is 0.318 e. The van der Waals surface area contributed by atoms with Crippen molar-refractivity contribution in [2.75, 3.05) is 13.1 Å². The predicted molar refractivity (Wildman–Crippen MR) is 99.7 cm³/mol. The molecule has 1 saturated heterocycles. The van der Waals surface area contributed by atoms with Crippen LogP contribution >= 0.6 is 0 Å². The fraction of sp³-hybridized carbons (Fsp3) is 0.550. The van der Waals surface area contributed by atoms with Crippen LogP contribution in [0.1, 0.15) is 62.9 Å². The van der Waals surface area contributed by atoms with Gasteiger partial charge in [0.25, 0.3) is 0 Å². The molecule has 2 atom stereocenters. The van der Waals surface area contributed by atoms with Gasteiger partial charge in [0.1, 0.15) is 6.04 Å². The Bertz CT molecular complexity index is 701. The summed E-state index contributed by atoms with van der Waals surface area (Å²) in [6.45, 7) is 5.91. The molecule has 0 aliphatic carbocycles. The lowest BCUT2D eigenvalue weighted by Gasteiger charge is -2.24. The smallest absolute Gasteiger partial charge is 0.318 e. The minimum Gasteiger partial charge on any atom is -0.339 e. The largest absolute Gasteiger partial charge is 0.339 e. The Labute approximate surface area is 155 Å². The first-order valence-electron chi connectivity index (χ1n) is 9.60. The highest BCUT2D eigenvalue weighted by Crippen LogP contribution is 2.22. The highest BCUT2D eigenvalue weighted by atomic mass is 16.5. The minimum absolute atomic E-state index is 0.0604. The number of carbonyl (C=O) groups excluding carboxylic acids is 1. The molecule has 1 aliphatic heterocycles. The topological polar surface area (TPSA) is 71.3 Å². The van der Waals surface area contributed by atoms with Gasteiger partial charge >= 0.3 is 6.03 Å². The van der Waals surface area contributed by atoms with E-state index in [0.717, 1.165) is 44.3 Å². The van der Waals surface area contributed by atoms with E-state index in [1.807, 2.05) is 35.2 Å². The normalized spacial score (nSPS) is 19.0. The van der Waals surface area contributed by atoms with Crippen LogP contribution in [0, 0.1) is 5.92 Å². The lowest BCUT2D eigenvalue weighted by Crippen LogP contribution is -2.42. The van der Waals surface area contributed by atoms with E-state index in [1.54, 1.807) is 0 Å². The van der Waals surface area contributed by atoms with Crippen LogP contribution in [0.15, 0.2) is 34.9 Å². The summed E-state index contributed by atoms with van der Waals surface area (Å²) in [5, 5.41) is 7.24. The summed E-state index contributed by atoms with van der Waals surface area (Å²) in [5.74, 6) is 1.80. The number of hydrogen-bond acceptors (Lipinski definition) is 4. The number of likely N-dealkylation sites (tertiary alicyclic amines) is 1. The molecular weight excluding hydrogens is 328 g/mol. The third-order valence-corrected chi connectivity index (χ3v) is 4.91. The lowest BCUT2D eigenvalue weighted by atomic mass is 10.0. The van der Waals surface area contributed by atoms with Gasteiger partial charge in [0.15, 0.2) is 5.82 Å². The average molecular weight is 356 g/mol. The van der Waals surface area contributed by atoms with Crippen molar-refractivity contribution >= 4 is 6.03 Å². The quantitative estimate of drug-likeness (QED) is 0.881. The number of rotatable bonds is 5. The van der Waals surface area contributed by atoms with Crippen LogP contribution in [0.4, 0.5) is 4.79 Å². The summed E-state index contributed by atoms with van der Waals surface area (Å²) in [6, 6.07) is 9.35. The number of benzene rings is 1. The zero-order valence-electron chi connectivity index (χ0n) is 15.6. The zero-order chi connectivity index (χ0) is 18.4. The zero-order valence-corrected chi connectivity index (χ0v) is 15.6. The number of nitrogens with zero attached hydrogens (tertiary/aromatic N) is 3. The van der Waals surface area contributed by atoms with Crippen molar-refractivity contribution in [3.05, 3.63) is 47.6 Å². The lowest BCUT2D eigenvalue weighted by molar-refractivity contribution is 0.196.